The largest absolute Gasteiger partial charge is 0.493 e. The lowest BCUT2D eigenvalue weighted by molar-refractivity contribution is 0.323. The van der Waals surface area contributed by atoms with E-state index in [9.17, 15) is 0 Å². The molecule has 5 heteroatoms. The average molecular weight is 280 g/mol. The first-order valence-electron chi connectivity index (χ1n) is 6.53. The van der Waals surface area contributed by atoms with Gasteiger partial charge in [0.05, 0.1) is 21.3 Å². The van der Waals surface area contributed by atoms with E-state index in [1.165, 1.54) is 0 Å². The molecule has 1 aromatic carbocycles. The topological polar surface area (TPSA) is 65.7 Å². The second-order valence-electron chi connectivity index (χ2n) is 4.49. The number of rotatable bonds is 8. The zero-order chi connectivity index (χ0) is 15.1. The molecule has 0 aliphatic heterocycles. The Bertz CT molecular complexity index is 435. The number of benzene rings is 1. The maximum Gasteiger partial charge on any atom is 0.203 e. The normalized spacial score (nSPS) is 11.8. The van der Waals surface area contributed by atoms with Crippen molar-refractivity contribution in [3.8, 4) is 17.2 Å². The molecule has 0 amide bonds. The van der Waals surface area contributed by atoms with Crippen LogP contribution in [0, 0.1) is 0 Å². The van der Waals surface area contributed by atoms with Crippen LogP contribution in [0.5, 0.6) is 17.2 Å². The number of ether oxygens (including phenoxy) is 3. The summed E-state index contributed by atoms with van der Waals surface area (Å²) >= 11 is 0. The van der Waals surface area contributed by atoms with Crippen LogP contribution in [0.2, 0.25) is 0 Å². The summed E-state index contributed by atoms with van der Waals surface area (Å²) in [4.78, 5) is 0. The van der Waals surface area contributed by atoms with Gasteiger partial charge in [-0.2, -0.15) is 0 Å². The predicted octanol–water partition coefficient (Wildman–Crippen LogP) is 2.57. The van der Waals surface area contributed by atoms with Crippen molar-refractivity contribution in [1.29, 1.82) is 0 Å². The Labute approximate surface area is 120 Å². The number of nitrogens with one attached hydrogen (secondary N) is 1. The van der Waals surface area contributed by atoms with Crippen molar-refractivity contribution in [1.82, 2.24) is 5.43 Å². The Morgan fingerprint density at radius 1 is 1.20 bits per heavy atom. The van der Waals surface area contributed by atoms with Crippen LogP contribution in [0.15, 0.2) is 24.3 Å². The molecule has 0 fully saturated rings. The Morgan fingerprint density at radius 2 is 1.75 bits per heavy atom. The van der Waals surface area contributed by atoms with Gasteiger partial charge in [0, 0.05) is 6.04 Å². The highest BCUT2D eigenvalue weighted by Crippen LogP contribution is 2.40. The molecule has 0 saturated heterocycles. The number of methoxy groups -OCH3 is 3. The molecule has 5 nitrogen and oxygen atoms in total. The van der Waals surface area contributed by atoms with Crippen LogP contribution < -0.4 is 25.5 Å². The van der Waals surface area contributed by atoms with Crippen LogP contribution in [0.3, 0.4) is 0 Å². The number of hydrogen-bond donors (Lipinski definition) is 2. The third-order valence-corrected chi connectivity index (χ3v) is 3.28. The average Bonchev–Trinajstić information content (AvgIpc) is 2.50. The number of nitrogens with two attached hydrogens (primary N) is 1. The van der Waals surface area contributed by atoms with E-state index in [1.54, 1.807) is 21.3 Å². The summed E-state index contributed by atoms with van der Waals surface area (Å²) in [5.41, 5.74) is 4.91. The molecule has 0 heterocycles. The van der Waals surface area contributed by atoms with Crippen molar-refractivity contribution in [2.75, 3.05) is 21.3 Å². The van der Waals surface area contributed by atoms with Gasteiger partial charge >= 0.3 is 0 Å². The van der Waals surface area contributed by atoms with Crippen molar-refractivity contribution in [2.24, 2.45) is 5.84 Å². The fourth-order valence-corrected chi connectivity index (χ4v) is 2.01. The Kier molecular flexibility index (Phi) is 6.35. The molecule has 112 valence electrons. The van der Waals surface area contributed by atoms with Crippen LogP contribution in [0.4, 0.5) is 0 Å². The zero-order valence-corrected chi connectivity index (χ0v) is 12.7. The minimum Gasteiger partial charge on any atom is -0.493 e. The Morgan fingerprint density at radius 3 is 2.10 bits per heavy atom. The van der Waals surface area contributed by atoms with Crippen molar-refractivity contribution in [3.63, 3.8) is 0 Å². The Balaban J connectivity index is 3.19. The molecule has 0 saturated carbocycles. The smallest absolute Gasteiger partial charge is 0.203 e. The number of hydrazine groups is 1. The van der Waals surface area contributed by atoms with Crippen molar-refractivity contribution >= 4 is 0 Å². The van der Waals surface area contributed by atoms with Gasteiger partial charge in [0.2, 0.25) is 5.75 Å². The van der Waals surface area contributed by atoms with Crippen LogP contribution in [0.1, 0.15) is 31.4 Å². The van der Waals surface area contributed by atoms with E-state index < -0.39 is 0 Å². The van der Waals surface area contributed by atoms with E-state index in [1.807, 2.05) is 12.1 Å². The van der Waals surface area contributed by atoms with E-state index in [4.69, 9.17) is 20.1 Å². The van der Waals surface area contributed by atoms with Crippen molar-refractivity contribution < 1.29 is 14.2 Å². The third-order valence-electron chi connectivity index (χ3n) is 3.28. The van der Waals surface area contributed by atoms with Crippen molar-refractivity contribution in [3.05, 3.63) is 29.8 Å². The second-order valence-corrected chi connectivity index (χ2v) is 4.49. The highest BCUT2D eigenvalue weighted by Gasteiger charge is 2.18. The molecule has 20 heavy (non-hydrogen) atoms. The van der Waals surface area contributed by atoms with Gasteiger partial charge in [-0.15, -0.1) is 0 Å². The first-order chi connectivity index (χ1) is 9.60. The van der Waals surface area contributed by atoms with Crippen LogP contribution in [-0.4, -0.2) is 21.3 Å². The molecule has 1 unspecified atom stereocenters. The van der Waals surface area contributed by atoms with E-state index >= 15 is 0 Å². The zero-order valence-electron chi connectivity index (χ0n) is 12.7. The fourth-order valence-electron chi connectivity index (χ4n) is 2.01. The molecule has 0 spiro atoms. The molecule has 1 rings (SSSR count). The summed E-state index contributed by atoms with van der Waals surface area (Å²) < 4.78 is 16.0. The van der Waals surface area contributed by atoms with Crippen LogP contribution >= 0.6 is 0 Å². The highest BCUT2D eigenvalue weighted by atomic mass is 16.5. The van der Waals surface area contributed by atoms with E-state index in [2.05, 4.69) is 18.9 Å². The molecule has 1 aromatic rings. The van der Waals surface area contributed by atoms with E-state index in [-0.39, 0.29) is 6.04 Å². The molecule has 0 aliphatic carbocycles. The van der Waals surface area contributed by atoms with E-state index in [0.717, 1.165) is 24.0 Å². The minimum absolute atomic E-state index is 0.0452. The van der Waals surface area contributed by atoms with Crippen molar-refractivity contribution in [2.45, 2.75) is 25.8 Å². The fraction of sp³-hybridized carbons (Fsp3) is 0.467. The molecule has 0 aromatic heterocycles. The third kappa shape index (κ3) is 3.65. The molecule has 3 N–H and O–H groups in total. The molecular formula is C15H24N2O3. The molecule has 0 radical (unpaired) electrons. The quantitative estimate of drug-likeness (QED) is 0.435. The summed E-state index contributed by atoms with van der Waals surface area (Å²) in [7, 11) is 4.77. The molecule has 1 atom stereocenters. The molecule has 0 bridgehead atoms. The summed E-state index contributed by atoms with van der Waals surface area (Å²) in [6.45, 7) is 6.10. The summed E-state index contributed by atoms with van der Waals surface area (Å²) in [6, 6.07) is 3.75. The summed E-state index contributed by atoms with van der Waals surface area (Å²) in [5, 5.41) is 0. The standard InChI is InChI=1S/C15H24N2O3/c1-6-10(2)7-12(17-16)11-8-13(18-3)15(20-5)14(9-11)19-4/h8-9,12,17H,2,6-7,16H2,1,3-5H3. The van der Waals surface area contributed by atoms with Gasteiger partial charge in [0.15, 0.2) is 11.5 Å². The van der Waals surface area contributed by atoms with Gasteiger partial charge in [-0.3, -0.25) is 11.3 Å². The maximum absolute atomic E-state index is 5.66. The van der Waals surface area contributed by atoms with E-state index in [0.29, 0.717) is 17.2 Å². The predicted molar refractivity (Wildman–Crippen MR) is 80.2 cm³/mol. The summed E-state index contributed by atoms with van der Waals surface area (Å²) in [5.74, 6) is 7.46. The second kappa shape index (κ2) is 7.77. The highest BCUT2D eigenvalue weighted by molar-refractivity contribution is 5.54. The molecular weight excluding hydrogens is 256 g/mol. The van der Waals surface area contributed by atoms with Gasteiger partial charge in [-0.25, -0.2) is 0 Å². The number of hydrogen-bond acceptors (Lipinski definition) is 5. The first kappa shape index (κ1) is 16.3. The maximum atomic E-state index is 5.66. The minimum atomic E-state index is -0.0452. The first-order valence-corrected chi connectivity index (χ1v) is 6.53. The van der Waals surface area contributed by atoms with Crippen LogP contribution in [-0.2, 0) is 0 Å². The SMILES string of the molecule is C=C(CC)CC(NN)c1cc(OC)c(OC)c(OC)c1. The van der Waals surface area contributed by atoms with Gasteiger partial charge < -0.3 is 14.2 Å². The summed E-state index contributed by atoms with van der Waals surface area (Å²) in [6.07, 6.45) is 1.67. The van der Waals surface area contributed by atoms with Gasteiger partial charge in [-0.05, 0) is 30.5 Å². The van der Waals surface area contributed by atoms with Crippen LogP contribution in [0.25, 0.3) is 0 Å². The van der Waals surface area contributed by atoms with Gasteiger partial charge in [0.25, 0.3) is 0 Å². The monoisotopic (exact) mass is 280 g/mol. The Hall–Kier alpha value is -1.72. The van der Waals surface area contributed by atoms with Gasteiger partial charge in [0.1, 0.15) is 0 Å². The van der Waals surface area contributed by atoms with Gasteiger partial charge in [-0.1, -0.05) is 19.1 Å². The molecule has 0 aliphatic rings. The lowest BCUT2D eigenvalue weighted by Gasteiger charge is -2.20. The lowest BCUT2D eigenvalue weighted by Crippen LogP contribution is -2.28. The lowest BCUT2D eigenvalue weighted by atomic mass is 9.98.